The zero-order chi connectivity index (χ0) is 16.7. The molecule has 24 heavy (non-hydrogen) atoms. The van der Waals surface area contributed by atoms with Crippen molar-refractivity contribution >= 4 is 28.8 Å². The van der Waals surface area contributed by atoms with Gasteiger partial charge < -0.3 is 9.88 Å². The van der Waals surface area contributed by atoms with Crippen LogP contribution in [-0.2, 0) is 0 Å². The van der Waals surface area contributed by atoms with E-state index in [0.717, 1.165) is 21.8 Å². The predicted molar refractivity (Wildman–Crippen MR) is 98.2 cm³/mol. The zero-order valence-corrected chi connectivity index (χ0v) is 14.8. The van der Waals surface area contributed by atoms with Crippen LogP contribution in [-0.4, -0.2) is 10.5 Å². The van der Waals surface area contributed by atoms with Crippen LogP contribution in [0.25, 0.3) is 5.00 Å². The minimum Gasteiger partial charge on any atom is -0.344 e. The maximum Gasteiger partial charge on any atom is 0.254 e. The van der Waals surface area contributed by atoms with Gasteiger partial charge in [-0.1, -0.05) is 29.8 Å². The molecule has 0 radical (unpaired) electrons. The largest absolute Gasteiger partial charge is 0.344 e. The molecule has 1 aromatic carbocycles. The summed E-state index contributed by atoms with van der Waals surface area (Å²) < 4.78 is 2.10. The number of aromatic nitrogens is 1. The average molecular weight is 357 g/mol. The van der Waals surface area contributed by atoms with Gasteiger partial charge in [-0.3, -0.25) is 4.79 Å². The van der Waals surface area contributed by atoms with Gasteiger partial charge in [-0.15, -0.1) is 22.9 Å². The van der Waals surface area contributed by atoms with Gasteiger partial charge in [-0.25, -0.2) is 0 Å². The normalized spacial score (nSPS) is 17.6. The molecule has 0 fully saturated rings. The van der Waals surface area contributed by atoms with E-state index < -0.39 is 0 Å². The number of hydrogen-bond donors (Lipinski definition) is 1. The number of fused-ring (bicyclic) bond motifs is 3. The Hall–Kier alpha value is -2.04. The van der Waals surface area contributed by atoms with Gasteiger partial charge >= 0.3 is 0 Å². The Morgan fingerprint density at radius 2 is 2.04 bits per heavy atom. The van der Waals surface area contributed by atoms with Crippen LogP contribution in [0.15, 0.2) is 54.0 Å². The van der Waals surface area contributed by atoms with E-state index in [4.69, 9.17) is 11.6 Å². The molecule has 5 heteroatoms. The third kappa shape index (κ3) is 2.66. The highest BCUT2D eigenvalue weighted by atomic mass is 35.5. The van der Waals surface area contributed by atoms with Crippen LogP contribution in [0.4, 0.5) is 0 Å². The fourth-order valence-corrected chi connectivity index (χ4v) is 4.36. The van der Waals surface area contributed by atoms with Crippen molar-refractivity contribution in [3.8, 4) is 5.00 Å². The van der Waals surface area contributed by atoms with Crippen molar-refractivity contribution in [2.45, 2.75) is 24.8 Å². The number of hydrogen-bond acceptors (Lipinski definition) is 2. The number of halogens is 1. The first-order chi connectivity index (χ1) is 11.6. The van der Waals surface area contributed by atoms with Gasteiger partial charge in [0.2, 0.25) is 0 Å². The van der Waals surface area contributed by atoms with Crippen molar-refractivity contribution in [2.75, 3.05) is 0 Å². The lowest BCUT2D eigenvalue weighted by atomic mass is 10.0. The van der Waals surface area contributed by atoms with Crippen LogP contribution in [0.1, 0.15) is 45.0 Å². The molecular formula is C19H17ClN2OS. The second-order valence-corrected chi connectivity index (χ2v) is 7.50. The van der Waals surface area contributed by atoms with Gasteiger partial charge in [-0.05, 0) is 42.5 Å². The first-order valence-corrected chi connectivity index (χ1v) is 9.21. The lowest BCUT2D eigenvalue weighted by Crippen LogP contribution is -2.28. The SMILES string of the molecule is Cc1ccc(C(Cl)CC2NC(=O)c3ccsc3-n3cccc32)cc1. The van der Waals surface area contributed by atoms with Crippen LogP contribution in [0, 0.1) is 6.92 Å². The Bertz CT molecular complexity index is 881. The molecule has 1 aliphatic heterocycles. The summed E-state index contributed by atoms with van der Waals surface area (Å²) in [7, 11) is 0. The molecule has 0 aliphatic carbocycles. The Balaban J connectivity index is 1.65. The Labute approximate surface area is 149 Å². The molecule has 3 nitrogen and oxygen atoms in total. The minimum absolute atomic E-state index is 0.0345. The topological polar surface area (TPSA) is 34.0 Å². The summed E-state index contributed by atoms with van der Waals surface area (Å²) >= 11 is 8.23. The molecule has 0 saturated carbocycles. The molecular weight excluding hydrogens is 340 g/mol. The van der Waals surface area contributed by atoms with E-state index in [9.17, 15) is 4.79 Å². The monoisotopic (exact) mass is 356 g/mol. The number of thiophene rings is 1. The fourth-order valence-electron chi connectivity index (χ4n) is 3.13. The highest BCUT2D eigenvalue weighted by molar-refractivity contribution is 7.13. The van der Waals surface area contributed by atoms with Crippen LogP contribution in [0.5, 0.6) is 0 Å². The molecule has 3 heterocycles. The van der Waals surface area contributed by atoms with Crippen LogP contribution >= 0.6 is 22.9 Å². The predicted octanol–water partition coefficient (Wildman–Crippen LogP) is 5.00. The summed E-state index contributed by atoms with van der Waals surface area (Å²) in [5.41, 5.74) is 4.08. The molecule has 3 aromatic rings. The minimum atomic E-state index is -0.157. The van der Waals surface area contributed by atoms with Gasteiger partial charge in [0.1, 0.15) is 5.00 Å². The number of amides is 1. The van der Waals surface area contributed by atoms with Gasteiger partial charge in [-0.2, -0.15) is 0 Å². The molecule has 0 saturated heterocycles. The Morgan fingerprint density at radius 3 is 2.83 bits per heavy atom. The number of alkyl halides is 1. The van der Waals surface area contributed by atoms with Crippen LogP contribution < -0.4 is 5.32 Å². The third-order valence-electron chi connectivity index (χ3n) is 4.43. The number of aryl methyl sites for hydroxylation is 1. The number of rotatable bonds is 3. The van der Waals surface area contributed by atoms with Crippen molar-refractivity contribution in [1.29, 1.82) is 0 Å². The summed E-state index contributed by atoms with van der Waals surface area (Å²) in [5.74, 6) is -0.0345. The van der Waals surface area contributed by atoms with Gasteiger partial charge in [0, 0.05) is 11.9 Å². The van der Waals surface area contributed by atoms with E-state index in [1.165, 1.54) is 5.56 Å². The van der Waals surface area contributed by atoms with Gasteiger partial charge in [0.15, 0.2) is 0 Å². The van der Waals surface area contributed by atoms with Crippen molar-refractivity contribution < 1.29 is 4.79 Å². The van der Waals surface area contributed by atoms with Crippen LogP contribution in [0.3, 0.4) is 0 Å². The number of nitrogens with one attached hydrogen (secondary N) is 1. The molecule has 2 unspecified atom stereocenters. The molecule has 4 rings (SSSR count). The molecule has 2 aromatic heterocycles. The average Bonchev–Trinajstić information content (AvgIpc) is 3.21. The summed E-state index contributed by atoms with van der Waals surface area (Å²) in [6.45, 7) is 2.06. The van der Waals surface area contributed by atoms with E-state index in [0.29, 0.717) is 6.42 Å². The molecule has 1 aliphatic rings. The lowest BCUT2D eigenvalue weighted by molar-refractivity contribution is 0.0937. The maximum absolute atomic E-state index is 12.5. The number of nitrogens with zero attached hydrogens (tertiary/aromatic N) is 1. The van der Waals surface area contributed by atoms with Crippen molar-refractivity contribution in [3.63, 3.8) is 0 Å². The van der Waals surface area contributed by atoms with Gasteiger partial charge in [0.25, 0.3) is 5.91 Å². The van der Waals surface area contributed by atoms with E-state index in [1.54, 1.807) is 11.3 Å². The van der Waals surface area contributed by atoms with E-state index >= 15 is 0 Å². The summed E-state index contributed by atoms with van der Waals surface area (Å²) in [5, 5.41) is 5.90. The van der Waals surface area contributed by atoms with Crippen molar-refractivity contribution in [3.05, 3.63) is 76.4 Å². The first kappa shape index (κ1) is 15.5. The smallest absolute Gasteiger partial charge is 0.254 e. The van der Waals surface area contributed by atoms with Gasteiger partial charge in [0.05, 0.1) is 17.0 Å². The second-order valence-electron chi connectivity index (χ2n) is 6.08. The third-order valence-corrected chi connectivity index (χ3v) is 5.77. The lowest BCUT2D eigenvalue weighted by Gasteiger charge is -2.20. The van der Waals surface area contributed by atoms with Crippen molar-refractivity contribution in [1.82, 2.24) is 9.88 Å². The first-order valence-electron chi connectivity index (χ1n) is 7.90. The quantitative estimate of drug-likeness (QED) is 0.658. The maximum atomic E-state index is 12.5. The molecule has 0 bridgehead atoms. The Kier molecular flexibility index (Phi) is 3.94. The zero-order valence-electron chi connectivity index (χ0n) is 13.2. The number of carbonyl (C=O) groups excluding carboxylic acids is 1. The fraction of sp³-hybridized carbons (Fsp3) is 0.211. The molecule has 1 amide bonds. The Morgan fingerprint density at radius 1 is 1.25 bits per heavy atom. The molecule has 1 N–H and O–H groups in total. The highest BCUT2D eigenvalue weighted by Crippen LogP contribution is 2.36. The molecule has 2 atom stereocenters. The second kappa shape index (κ2) is 6.11. The summed E-state index contributed by atoms with van der Waals surface area (Å²) in [6, 6.07) is 14.1. The molecule has 0 spiro atoms. The van der Waals surface area contributed by atoms with E-state index in [-0.39, 0.29) is 17.3 Å². The summed E-state index contributed by atoms with van der Waals surface area (Å²) in [4.78, 5) is 12.5. The number of carbonyl (C=O) groups is 1. The highest BCUT2D eigenvalue weighted by Gasteiger charge is 2.28. The van der Waals surface area contributed by atoms with Crippen LogP contribution in [0.2, 0.25) is 0 Å². The van der Waals surface area contributed by atoms with Crippen molar-refractivity contribution in [2.24, 2.45) is 0 Å². The van der Waals surface area contributed by atoms with E-state index in [2.05, 4.69) is 47.1 Å². The summed E-state index contributed by atoms with van der Waals surface area (Å²) in [6.07, 6.45) is 2.66. The van der Waals surface area contributed by atoms with E-state index in [1.807, 2.05) is 23.7 Å². The standard InChI is InChI=1S/C19H17ClN2OS/c1-12-4-6-13(7-5-12)15(20)11-16-17-3-2-9-22(17)19-14(8-10-24-19)18(23)21-16/h2-10,15-16H,11H2,1H3,(H,21,23). The molecule has 122 valence electrons. The number of benzene rings is 1.